The van der Waals surface area contributed by atoms with E-state index in [1.807, 2.05) is 25.3 Å². The molecule has 1 saturated carbocycles. The number of aryl methyl sites for hydroxylation is 1. The first kappa shape index (κ1) is 24.6. The van der Waals surface area contributed by atoms with Gasteiger partial charge in [-0.2, -0.15) is 4.98 Å². The molecule has 3 heterocycles. The molecule has 0 bridgehead atoms. The van der Waals surface area contributed by atoms with Gasteiger partial charge in [-0.1, -0.05) is 29.3 Å². The number of piperidine rings is 1. The number of likely N-dealkylation sites (tertiary alicyclic amines) is 1. The topological polar surface area (TPSA) is 81.6 Å². The number of aliphatic carboxylic acids is 1. The van der Waals surface area contributed by atoms with Gasteiger partial charge in [0.15, 0.2) is 0 Å². The van der Waals surface area contributed by atoms with E-state index >= 15 is 0 Å². The van der Waals surface area contributed by atoms with Gasteiger partial charge in [0.1, 0.15) is 5.82 Å². The molecular formula is C26H33Cl2N5O2. The van der Waals surface area contributed by atoms with Crippen LogP contribution in [0.15, 0.2) is 24.4 Å². The zero-order valence-corrected chi connectivity index (χ0v) is 21.8. The molecule has 2 saturated heterocycles. The summed E-state index contributed by atoms with van der Waals surface area (Å²) in [5, 5.41) is 13.9. The maximum absolute atomic E-state index is 11.2. The second-order valence-corrected chi connectivity index (χ2v) is 11.3. The summed E-state index contributed by atoms with van der Waals surface area (Å²) in [6.07, 6.45) is 5.96. The molecule has 0 spiro atoms. The molecule has 3 aliphatic rings. The first-order chi connectivity index (χ1) is 16.8. The summed E-state index contributed by atoms with van der Waals surface area (Å²) in [5.41, 5.74) is 1.97. The van der Waals surface area contributed by atoms with Crippen molar-refractivity contribution in [2.75, 3.05) is 36.4 Å². The molecule has 7 nitrogen and oxygen atoms in total. The molecule has 0 radical (unpaired) electrons. The fourth-order valence-corrected chi connectivity index (χ4v) is 6.26. The molecule has 188 valence electrons. The Bertz CT molecular complexity index is 1090. The lowest BCUT2D eigenvalue weighted by Gasteiger charge is -2.50. The van der Waals surface area contributed by atoms with E-state index < -0.39 is 5.97 Å². The highest BCUT2D eigenvalue weighted by atomic mass is 35.5. The number of benzene rings is 1. The normalized spacial score (nSPS) is 26.1. The molecule has 0 amide bonds. The van der Waals surface area contributed by atoms with Crippen LogP contribution in [0.25, 0.3) is 0 Å². The average molecular weight is 518 g/mol. The summed E-state index contributed by atoms with van der Waals surface area (Å²) in [4.78, 5) is 25.4. The van der Waals surface area contributed by atoms with Crippen LogP contribution in [0, 0.1) is 24.7 Å². The highest BCUT2D eigenvalue weighted by molar-refractivity contribution is 6.35. The molecule has 2 aromatic rings. The molecule has 1 aromatic carbocycles. The standard InChI is InChI=1S/C26H33Cl2N5O2/c1-15-11-29-26(31-24(15)30-16(2)22-6-5-20(27)10-23(22)28)33-13-19(14-33)17-4-3-7-32(12-17)21-8-18(9-21)25(34)35/h5-6,10-11,16-19,21H,3-4,7-9,12-14H2,1-2H3,(H,34,35)(H,29,30,31). The van der Waals surface area contributed by atoms with E-state index in [0.717, 1.165) is 61.9 Å². The third kappa shape index (κ3) is 5.23. The second-order valence-electron chi connectivity index (χ2n) is 10.5. The highest BCUT2D eigenvalue weighted by Crippen LogP contribution is 2.38. The molecule has 1 aromatic heterocycles. The highest BCUT2D eigenvalue weighted by Gasteiger charge is 2.42. The summed E-state index contributed by atoms with van der Waals surface area (Å²) in [5.74, 6) is 2.11. The van der Waals surface area contributed by atoms with Gasteiger partial charge in [0, 0.05) is 47.5 Å². The molecule has 35 heavy (non-hydrogen) atoms. The van der Waals surface area contributed by atoms with E-state index in [0.29, 0.717) is 27.9 Å². The van der Waals surface area contributed by atoms with Crippen molar-refractivity contribution in [3.05, 3.63) is 45.6 Å². The Morgan fingerprint density at radius 3 is 2.69 bits per heavy atom. The summed E-state index contributed by atoms with van der Waals surface area (Å²) < 4.78 is 0. The summed E-state index contributed by atoms with van der Waals surface area (Å²) in [6, 6.07) is 5.99. The SMILES string of the molecule is Cc1cnc(N2CC(C3CCCN(C4CC(C(=O)O)C4)C3)C2)nc1NC(C)c1ccc(Cl)cc1Cl. The molecule has 5 rings (SSSR count). The van der Waals surface area contributed by atoms with Gasteiger partial charge >= 0.3 is 5.97 Å². The minimum atomic E-state index is -0.637. The van der Waals surface area contributed by atoms with E-state index in [4.69, 9.17) is 28.2 Å². The molecule has 2 aliphatic heterocycles. The Hall–Kier alpha value is -2.09. The molecule has 1 aliphatic carbocycles. The molecule has 3 fully saturated rings. The van der Waals surface area contributed by atoms with Crippen LogP contribution in [0.3, 0.4) is 0 Å². The van der Waals surface area contributed by atoms with E-state index in [1.165, 1.54) is 12.8 Å². The summed E-state index contributed by atoms with van der Waals surface area (Å²) in [7, 11) is 0. The van der Waals surface area contributed by atoms with Crippen molar-refractivity contribution in [2.45, 2.75) is 51.6 Å². The van der Waals surface area contributed by atoms with Gasteiger partial charge in [-0.3, -0.25) is 4.79 Å². The smallest absolute Gasteiger partial charge is 0.306 e. The minimum Gasteiger partial charge on any atom is -0.481 e. The van der Waals surface area contributed by atoms with Gasteiger partial charge < -0.3 is 20.2 Å². The first-order valence-corrected chi connectivity index (χ1v) is 13.3. The maximum atomic E-state index is 11.2. The van der Waals surface area contributed by atoms with Crippen LogP contribution in [-0.2, 0) is 4.79 Å². The lowest BCUT2D eigenvalue weighted by molar-refractivity contribution is -0.147. The minimum absolute atomic E-state index is 0.0224. The Morgan fingerprint density at radius 1 is 1.20 bits per heavy atom. The Balaban J connectivity index is 1.17. The third-order valence-electron chi connectivity index (χ3n) is 8.07. The predicted molar refractivity (Wildman–Crippen MR) is 139 cm³/mol. The fraction of sp³-hybridized carbons (Fsp3) is 0.577. The number of carbonyl (C=O) groups is 1. The number of carboxylic acid groups (broad SMARTS) is 1. The largest absolute Gasteiger partial charge is 0.481 e. The van der Waals surface area contributed by atoms with E-state index in [9.17, 15) is 9.90 Å². The number of hydrogen-bond donors (Lipinski definition) is 2. The van der Waals surface area contributed by atoms with Gasteiger partial charge in [0.05, 0.1) is 12.0 Å². The fourth-order valence-electron chi connectivity index (χ4n) is 5.69. The number of hydrogen-bond acceptors (Lipinski definition) is 6. The molecule has 2 N–H and O–H groups in total. The molecule has 9 heteroatoms. The van der Waals surface area contributed by atoms with Gasteiger partial charge in [-0.05, 0) is 75.6 Å². The van der Waals surface area contributed by atoms with Crippen molar-refractivity contribution in [2.24, 2.45) is 17.8 Å². The lowest BCUT2D eigenvalue weighted by atomic mass is 9.76. The quantitative estimate of drug-likeness (QED) is 0.517. The zero-order valence-electron chi connectivity index (χ0n) is 20.3. The number of nitrogens with one attached hydrogen (secondary N) is 1. The molecule has 2 unspecified atom stereocenters. The summed E-state index contributed by atoms with van der Waals surface area (Å²) >= 11 is 12.5. The van der Waals surface area contributed by atoms with Crippen LogP contribution in [0.5, 0.6) is 0 Å². The van der Waals surface area contributed by atoms with Crippen molar-refractivity contribution < 1.29 is 9.90 Å². The number of rotatable bonds is 7. The van der Waals surface area contributed by atoms with Crippen LogP contribution in [0.2, 0.25) is 10.0 Å². The van der Waals surface area contributed by atoms with Crippen molar-refractivity contribution in [3.63, 3.8) is 0 Å². The van der Waals surface area contributed by atoms with Gasteiger partial charge in [-0.15, -0.1) is 0 Å². The van der Waals surface area contributed by atoms with Crippen LogP contribution < -0.4 is 10.2 Å². The Morgan fingerprint density at radius 2 is 1.97 bits per heavy atom. The third-order valence-corrected chi connectivity index (χ3v) is 8.63. The first-order valence-electron chi connectivity index (χ1n) is 12.6. The van der Waals surface area contributed by atoms with Crippen LogP contribution in [-0.4, -0.2) is 58.2 Å². The average Bonchev–Trinajstić information content (AvgIpc) is 2.74. The van der Waals surface area contributed by atoms with Crippen LogP contribution in [0.1, 0.15) is 49.8 Å². The monoisotopic (exact) mass is 517 g/mol. The lowest BCUT2D eigenvalue weighted by Crippen LogP contribution is -2.56. The van der Waals surface area contributed by atoms with E-state index in [-0.39, 0.29) is 12.0 Å². The Kier molecular flexibility index (Phi) is 7.11. The molecule has 2 atom stereocenters. The van der Waals surface area contributed by atoms with E-state index in [1.54, 1.807) is 6.07 Å². The number of aromatic nitrogens is 2. The van der Waals surface area contributed by atoms with Gasteiger partial charge in [0.25, 0.3) is 0 Å². The number of anilines is 2. The van der Waals surface area contributed by atoms with Crippen molar-refractivity contribution in [3.8, 4) is 0 Å². The van der Waals surface area contributed by atoms with Crippen molar-refractivity contribution >= 4 is 40.9 Å². The maximum Gasteiger partial charge on any atom is 0.306 e. The van der Waals surface area contributed by atoms with Crippen LogP contribution >= 0.6 is 23.2 Å². The second kappa shape index (κ2) is 10.1. The van der Waals surface area contributed by atoms with Gasteiger partial charge in [0.2, 0.25) is 5.95 Å². The number of halogens is 2. The number of nitrogens with zero attached hydrogens (tertiary/aromatic N) is 4. The predicted octanol–water partition coefficient (Wildman–Crippen LogP) is 5.28. The van der Waals surface area contributed by atoms with Crippen LogP contribution in [0.4, 0.5) is 11.8 Å². The number of carboxylic acids is 1. The summed E-state index contributed by atoms with van der Waals surface area (Å²) in [6.45, 7) is 8.22. The Labute approximate surface area is 216 Å². The zero-order chi connectivity index (χ0) is 24.7. The van der Waals surface area contributed by atoms with Crippen molar-refractivity contribution in [1.29, 1.82) is 0 Å². The van der Waals surface area contributed by atoms with E-state index in [2.05, 4.69) is 27.0 Å². The van der Waals surface area contributed by atoms with Gasteiger partial charge in [-0.25, -0.2) is 4.98 Å². The van der Waals surface area contributed by atoms with Crippen molar-refractivity contribution in [1.82, 2.24) is 14.9 Å². The molecular weight excluding hydrogens is 485 g/mol.